The summed E-state index contributed by atoms with van der Waals surface area (Å²) in [5, 5.41) is 13.8. The van der Waals surface area contributed by atoms with Gasteiger partial charge in [0.15, 0.2) is 5.75 Å². The van der Waals surface area contributed by atoms with Gasteiger partial charge in [0, 0.05) is 17.0 Å². The van der Waals surface area contributed by atoms with Crippen LogP contribution < -0.4 is 4.74 Å². The molecule has 2 aromatic carbocycles. The van der Waals surface area contributed by atoms with Crippen molar-refractivity contribution in [3.8, 4) is 16.3 Å². The summed E-state index contributed by atoms with van der Waals surface area (Å²) >= 11 is 1.46. The van der Waals surface area contributed by atoms with Gasteiger partial charge in [-0.2, -0.15) is 0 Å². The molecule has 27 heavy (non-hydrogen) atoms. The lowest BCUT2D eigenvalue weighted by molar-refractivity contribution is -0.385. The summed E-state index contributed by atoms with van der Waals surface area (Å²) in [6, 6.07) is 13.7. The van der Waals surface area contributed by atoms with Gasteiger partial charge in [0.1, 0.15) is 11.6 Å². The average Bonchev–Trinajstić information content (AvgIpc) is 3.16. The van der Waals surface area contributed by atoms with Gasteiger partial charge in [-0.25, -0.2) is 9.78 Å². The number of esters is 1. The molecule has 0 amide bonds. The van der Waals surface area contributed by atoms with Gasteiger partial charge in [-0.15, -0.1) is 11.3 Å². The fourth-order valence-corrected chi connectivity index (χ4v) is 3.18. The fraction of sp³-hybridized carbons (Fsp3) is 0.158. The van der Waals surface area contributed by atoms with E-state index in [0.717, 1.165) is 16.6 Å². The van der Waals surface area contributed by atoms with Gasteiger partial charge in [0.25, 0.3) is 0 Å². The zero-order valence-electron chi connectivity index (χ0n) is 14.5. The molecule has 0 radical (unpaired) electrons. The van der Waals surface area contributed by atoms with Crippen LogP contribution in [0.5, 0.6) is 5.75 Å². The van der Waals surface area contributed by atoms with E-state index in [0.29, 0.717) is 5.69 Å². The third-order valence-electron chi connectivity index (χ3n) is 3.61. The Bertz CT molecular complexity index is 956. The molecule has 0 aliphatic carbocycles. The standard InChI is InChI=1S/C19H16N2O5S/c1-2-25-17-9-8-14(10-16(17)21(23)24)19(22)26-11-15-12-27-18(20-15)13-6-4-3-5-7-13/h3-10,12H,2,11H2,1H3. The lowest BCUT2D eigenvalue weighted by Gasteiger charge is -2.06. The van der Waals surface area contributed by atoms with Crippen LogP contribution >= 0.6 is 11.3 Å². The molecule has 0 aliphatic rings. The zero-order chi connectivity index (χ0) is 19.2. The van der Waals surface area contributed by atoms with E-state index in [1.54, 1.807) is 6.92 Å². The predicted octanol–water partition coefficient (Wildman–Crippen LogP) is 4.47. The molecule has 0 fully saturated rings. The summed E-state index contributed by atoms with van der Waals surface area (Å²) in [5.74, 6) is -0.540. The SMILES string of the molecule is CCOc1ccc(C(=O)OCc2csc(-c3ccccc3)n2)cc1[N+](=O)[O-]. The first-order valence-corrected chi connectivity index (χ1v) is 9.04. The molecule has 0 aliphatic heterocycles. The first-order valence-electron chi connectivity index (χ1n) is 8.16. The number of ether oxygens (including phenoxy) is 2. The van der Waals surface area contributed by atoms with Crippen molar-refractivity contribution in [1.29, 1.82) is 0 Å². The molecule has 0 spiro atoms. The number of hydrogen-bond donors (Lipinski definition) is 0. The maximum atomic E-state index is 12.2. The Morgan fingerprint density at radius 2 is 2.00 bits per heavy atom. The smallest absolute Gasteiger partial charge is 0.338 e. The number of carbonyl (C=O) groups is 1. The van der Waals surface area contributed by atoms with Crippen molar-refractivity contribution in [3.05, 3.63) is 75.3 Å². The van der Waals surface area contributed by atoms with Crippen LogP contribution in [0.1, 0.15) is 23.0 Å². The molecule has 138 valence electrons. The Balaban J connectivity index is 1.68. The molecule has 7 nitrogen and oxygen atoms in total. The van der Waals surface area contributed by atoms with E-state index in [4.69, 9.17) is 9.47 Å². The fourth-order valence-electron chi connectivity index (χ4n) is 2.37. The Hall–Kier alpha value is -3.26. The van der Waals surface area contributed by atoms with Gasteiger partial charge in [0.05, 0.1) is 22.8 Å². The molecular formula is C19H16N2O5S. The second kappa shape index (κ2) is 8.41. The molecule has 1 aromatic heterocycles. The van der Waals surface area contributed by atoms with Crippen LogP contribution in [0.2, 0.25) is 0 Å². The van der Waals surface area contributed by atoms with Crippen molar-refractivity contribution in [1.82, 2.24) is 4.98 Å². The number of nitro benzene ring substituents is 1. The third kappa shape index (κ3) is 4.48. The highest BCUT2D eigenvalue weighted by atomic mass is 32.1. The van der Waals surface area contributed by atoms with Crippen LogP contribution in [-0.4, -0.2) is 22.5 Å². The number of nitro groups is 1. The minimum atomic E-state index is -0.657. The summed E-state index contributed by atoms with van der Waals surface area (Å²) in [6.07, 6.45) is 0. The summed E-state index contributed by atoms with van der Waals surface area (Å²) in [4.78, 5) is 27.2. The number of aromatic nitrogens is 1. The summed E-state index contributed by atoms with van der Waals surface area (Å²) in [5.41, 5.74) is 1.42. The normalized spacial score (nSPS) is 10.4. The first kappa shape index (κ1) is 18.5. The molecule has 3 aromatic rings. The minimum absolute atomic E-state index is 0.0107. The van der Waals surface area contributed by atoms with Gasteiger partial charge in [-0.1, -0.05) is 30.3 Å². The quantitative estimate of drug-likeness (QED) is 0.339. The third-order valence-corrected chi connectivity index (χ3v) is 4.55. The van der Waals surface area contributed by atoms with Crippen molar-refractivity contribution in [2.24, 2.45) is 0 Å². The monoisotopic (exact) mass is 384 g/mol. The number of benzene rings is 2. The molecule has 8 heteroatoms. The highest BCUT2D eigenvalue weighted by molar-refractivity contribution is 7.13. The predicted molar refractivity (Wildman–Crippen MR) is 101 cm³/mol. The van der Waals surface area contributed by atoms with Crippen molar-refractivity contribution < 1.29 is 19.2 Å². The van der Waals surface area contributed by atoms with E-state index in [2.05, 4.69) is 4.98 Å². The van der Waals surface area contributed by atoms with Crippen molar-refractivity contribution >= 4 is 23.0 Å². The lowest BCUT2D eigenvalue weighted by Crippen LogP contribution is -2.07. The maximum Gasteiger partial charge on any atom is 0.338 e. The molecule has 0 atom stereocenters. The van der Waals surface area contributed by atoms with Crippen LogP contribution in [0.25, 0.3) is 10.6 Å². The molecule has 0 saturated carbocycles. The first-order chi connectivity index (χ1) is 13.1. The van der Waals surface area contributed by atoms with E-state index in [-0.39, 0.29) is 30.2 Å². The highest BCUT2D eigenvalue weighted by Crippen LogP contribution is 2.28. The molecule has 3 rings (SSSR count). The largest absolute Gasteiger partial charge is 0.487 e. The van der Waals surface area contributed by atoms with Gasteiger partial charge in [-0.05, 0) is 19.1 Å². The topological polar surface area (TPSA) is 91.6 Å². The molecule has 0 unspecified atom stereocenters. The van der Waals surface area contributed by atoms with Crippen LogP contribution in [0.15, 0.2) is 53.9 Å². The van der Waals surface area contributed by atoms with E-state index < -0.39 is 10.9 Å². The van der Waals surface area contributed by atoms with E-state index in [1.807, 2.05) is 35.7 Å². The second-order valence-electron chi connectivity index (χ2n) is 5.46. The average molecular weight is 384 g/mol. The van der Waals surface area contributed by atoms with E-state index >= 15 is 0 Å². The molecule has 0 bridgehead atoms. The number of rotatable bonds is 7. The summed E-state index contributed by atoms with van der Waals surface area (Å²) < 4.78 is 10.4. The van der Waals surface area contributed by atoms with E-state index in [1.165, 1.54) is 23.5 Å². The molecule has 0 N–H and O–H groups in total. The van der Waals surface area contributed by atoms with Gasteiger partial charge < -0.3 is 9.47 Å². The van der Waals surface area contributed by atoms with Crippen molar-refractivity contribution in [2.75, 3.05) is 6.61 Å². The van der Waals surface area contributed by atoms with Gasteiger partial charge >= 0.3 is 11.7 Å². The second-order valence-corrected chi connectivity index (χ2v) is 6.32. The Morgan fingerprint density at radius 1 is 1.22 bits per heavy atom. The van der Waals surface area contributed by atoms with Crippen LogP contribution in [0.4, 0.5) is 5.69 Å². The van der Waals surface area contributed by atoms with Crippen LogP contribution in [0.3, 0.4) is 0 Å². The maximum absolute atomic E-state index is 12.2. The number of carbonyl (C=O) groups excluding carboxylic acids is 1. The molecule has 1 heterocycles. The zero-order valence-corrected chi connectivity index (χ0v) is 15.3. The Morgan fingerprint density at radius 3 is 2.70 bits per heavy atom. The summed E-state index contributed by atoms with van der Waals surface area (Å²) in [7, 11) is 0. The minimum Gasteiger partial charge on any atom is -0.487 e. The number of nitrogens with zero attached hydrogens (tertiary/aromatic N) is 2. The van der Waals surface area contributed by atoms with Crippen LogP contribution in [-0.2, 0) is 11.3 Å². The Labute approximate surface area is 159 Å². The van der Waals surface area contributed by atoms with Crippen molar-refractivity contribution in [2.45, 2.75) is 13.5 Å². The number of thiazole rings is 1. The lowest BCUT2D eigenvalue weighted by atomic mass is 10.2. The molecule has 0 saturated heterocycles. The molecular weight excluding hydrogens is 368 g/mol. The van der Waals surface area contributed by atoms with E-state index in [9.17, 15) is 14.9 Å². The number of hydrogen-bond acceptors (Lipinski definition) is 7. The highest BCUT2D eigenvalue weighted by Gasteiger charge is 2.19. The Kier molecular flexibility index (Phi) is 5.77. The summed E-state index contributed by atoms with van der Waals surface area (Å²) in [6.45, 7) is 2.00. The van der Waals surface area contributed by atoms with Gasteiger partial charge in [0.2, 0.25) is 0 Å². The van der Waals surface area contributed by atoms with Crippen molar-refractivity contribution in [3.63, 3.8) is 0 Å². The van der Waals surface area contributed by atoms with Gasteiger partial charge in [-0.3, -0.25) is 10.1 Å². The van der Waals surface area contributed by atoms with Crippen LogP contribution in [0, 0.1) is 10.1 Å².